The van der Waals surface area contributed by atoms with Gasteiger partial charge in [0.2, 0.25) is 5.75 Å². The molecule has 0 bridgehead atoms. The molecule has 0 fully saturated rings. The van der Waals surface area contributed by atoms with Gasteiger partial charge in [-0.3, -0.25) is 0 Å². The summed E-state index contributed by atoms with van der Waals surface area (Å²) >= 11 is 0. The van der Waals surface area contributed by atoms with Crippen molar-refractivity contribution in [1.82, 2.24) is 0 Å². The summed E-state index contributed by atoms with van der Waals surface area (Å²) in [6.07, 6.45) is -3.59. The summed E-state index contributed by atoms with van der Waals surface area (Å²) in [6.45, 7) is 2.14. The Labute approximate surface area is 79.2 Å². The first kappa shape index (κ1) is 9.05. The van der Waals surface area contributed by atoms with Crippen molar-refractivity contribution in [3.63, 3.8) is 0 Å². The molecule has 0 atom stereocenters. The van der Waals surface area contributed by atoms with Crippen molar-refractivity contribution in [2.75, 3.05) is 6.61 Å². The van der Waals surface area contributed by atoms with E-state index in [1.807, 2.05) is 0 Å². The van der Waals surface area contributed by atoms with Crippen LogP contribution in [0.1, 0.15) is 6.92 Å². The van der Waals surface area contributed by atoms with Crippen LogP contribution in [0, 0.1) is 0 Å². The molecular formula is C9H8F2O3. The van der Waals surface area contributed by atoms with E-state index in [4.69, 9.17) is 4.74 Å². The molecule has 3 nitrogen and oxygen atoms in total. The number of para-hydroxylation sites is 1. The topological polar surface area (TPSA) is 27.7 Å². The molecule has 0 amide bonds. The van der Waals surface area contributed by atoms with Crippen LogP contribution < -0.4 is 14.2 Å². The number of fused-ring (bicyclic) bond motifs is 1. The summed E-state index contributed by atoms with van der Waals surface area (Å²) in [5.74, 6) is 0.225. The zero-order valence-electron chi connectivity index (χ0n) is 7.42. The van der Waals surface area contributed by atoms with Crippen molar-refractivity contribution in [2.45, 2.75) is 13.2 Å². The van der Waals surface area contributed by atoms with Crippen molar-refractivity contribution < 1.29 is 23.0 Å². The van der Waals surface area contributed by atoms with Crippen LogP contribution >= 0.6 is 0 Å². The molecule has 0 radical (unpaired) electrons. The van der Waals surface area contributed by atoms with E-state index >= 15 is 0 Å². The molecule has 5 heteroatoms. The first-order valence-corrected chi connectivity index (χ1v) is 4.14. The van der Waals surface area contributed by atoms with Crippen LogP contribution in [-0.4, -0.2) is 12.9 Å². The Kier molecular flexibility index (Phi) is 1.94. The summed E-state index contributed by atoms with van der Waals surface area (Å²) in [5.41, 5.74) is 0. The van der Waals surface area contributed by atoms with Gasteiger partial charge < -0.3 is 14.2 Å². The highest BCUT2D eigenvalue weighted by Crippen LogP contribution is 2.46. The molecule has 0 N–H and O–H groups in total. The van der Waals surface area contributed by atoms with Crippen molar-refractivity contribution in [2.24, 2.45) is 0 Å². The van der Waals surface area contributed by atoms with Crippen LogP contribution in [0.25, 0.3) is 0 Å². The third-order valence-electron chi connectivity index (χ3n) is 1.69. The zero-order chi connectivity index (χ0) is 10.2. The molecule has 1 aromatic rings. The van der Waals surface area contributed by atoms with E-state index in [2.05, 4.69) is 9.47 Å². The predicted molar refractivity (Wildman–Crippen MR) is 43.8 cm³/mol. The maximum atomic E-state index is 12.7. The van der Waals surface area contributed by atoms with Crippen LogP contribution in [0.3, 0.4) is 0 Å². The van der Waals surface area contributed by atoms with Crippen molar-refractivity contribution in [3.05, 3.63) is 18.2 Å². The summed E-state index contributed by atoms with van der Waals surface area (Å²) in [4.78, 5) is 0. The minimum atomic E-state index is -3.59. The van der Waals surface area contributed by atoms with Gasteiger partial charge >= 0.3 is 6.29 Å². The van der Waals surface area contributed by atoms with Gasteiger partial charge in [0.05, 0.1) is 6.61 Å². The van der Waals surface area contributed by atoms with E-state index in [1.165, 1.54) is 6.07 Å². The fraction of sp³-hybridized carbons (Fsp3) is 0.333. The second-order valence-corrected chi connectivity index (χ2v) is 2.68. The molecule has 1 heterocycles. The van der Waals surface area contributed by atoms with Gasteiger partial charge in [-0.05, 0) is 19.1 Å². The van der Waals surface area contributed by atoms with Gasteiger partial charge in [-0.2, -0.15) is 0 Å². The second-order valence-electron chi connectivity index (χ2n) is 2.68. The molecule has 0 aliphatic carbocycles. The molecule has 1 aliphatic heterocycles. The van der Waals surface area contributed by atoms with Crippen molar-refractivity contribution >= 4 is 0 Å². The highest BCUT2D eigenvalue weighted by molar-refractivity contribution is 5.52. The standard InChI is InChI=1S/C9H8F2O3/c1-2-12-6-4-3-5-7-8(6)14-9(10,11)13-7/h3-5H,2H2,1H3. The van der Waals surface area contributed by atoms with Gasteiger partial charge in [-0.1, -0.05) is 6.07 Å². The minimum Gasteiger partial charge on any atom is -0.490 e. The van der Waals surface area contributed by atoms with Crippen molar-refractivity contribution in [3.8, 4) is 17.2 Å². The van der Waals surface area contributed by atoms with Gasteiger partial charge in [-0.15, -0.1) is 8.78 Å². The molecule has 76 valence electrons. The zero-order valence-corrected chi connectivity index (χ0v) is 7.42. The van der Waals surface area contributed by atoms with Crippen LogP contribution in [0.15, 0.2) is 18.2 Å². The molecule has 0 saturated heterocycles. The number of ether oxygens (including phenoxy) is 3. The Bertz CT molecular complexity index is 352. The Morgan fingerprint density at radius 1 is 1.36 bits per heavy atom. The maximum Gasteiger partial charge on any atom is 0.586 e. The lowest BCUT2D eigenvalue weighted by atomic mass is 10.3. The minimum absolute atomic E-state index is 0.000880. The molecule has 0 saturated carbocycles. The van der Waals surface area contributed by atoms with E-state index < -0.39 is 6.29 Å². The quantitative estimate of drug-likeness (QED) is 0.737. The largest absolute Gasteiger partial charge is 0.586 e. The average Bonchev–Trinajstić information content (AvgIpc) is 2.41. The lowest BCUT2D eigenvalue weighted by Crippen LogP contribution is -2.26. The second kappa shape index (κ2) is 3.01. The summed E-state index contributed by atoms with van der Waals surface area (Å²) < 4.78 is 39.0. The van der Waals surface area contributed by atoms with Gasteiger partial charge in [0.1, 0.15) is 0 Å². The number of alkyl halides is 2. The summed E-state index contributed by atoms with van der Waals surface area (Å²) in [7, 11) is 0. The van der Waals surface area contributed by atoms with E-state index in [0.717, 1.165) is 0 Å². The Hall–Kier alpha value is -1.52. The van der Waals surface area contributed by atoms with Gasteiger partial charge in [0.15, 0.2) is 11.5 Å². The normalized spacial score (nSPS) is 16.8. The lowest BCUT2D eigenvalue weighted by molar-refractivity contribution is -0.287. The first-order valence-electron chi connectivity index (χ1n) is 4.14. The number of rotatable bonds is 2. The van der Waals surface area contributed by atoms with Gasteiger partial charge in [0.25, 0.3) is 0 Å². The van der Waals surface area contributed by atoms with E-state index in [1.54, 1.807) is 19.1 Å². The third kappa shape index (κ3) is 1.45. The fourth-order valence-corrected chi connectivity index (χ4v) is 1.21. The van der Waals surface area contributed by atoms with Crippen LogP contribution in [0.5, 0.6) is 17.2 Å². The number of benzene rings is 1. The monoisotopic (exact) mass is 202 g/mol. The lowest BCUT2D eigenvalue weighted by Gasteiger charge is -2.06. The van der Waals surface area contributed by atoms with E-state index in [-0.39, 0.29) is 17.2 Å². The molecular weight excluding hydrogens is 194 g/mol. The fourth-order valence-electron chi connectivity index (χ4n) is 1.21. The van der Waals surface area contributed by atoms with Crippen LogP contribution in [0.4, 0.5) is 8.78 Å². The summed E-state index contributed by atoms with van der Waals surface area (Å²) in [6, 6.07) is 4.51. The van der Waals surface area contributed by atoms with E-state index in [0.29, 0.717) is 6.61 Å². The average molecular weight is 202 g/mol. The maximum absolute atomic E-state index is 12.7. The van der Waals surface area contributed by atoms with Gasteiger partial charge in [0, 0.05) is 0 Å². The molecule has 1 aliphatic rings. The van der Waals surface area contributed by atoms with E-state index in [9.17, 15) is 8.78 Å². The Balaban J connectivity index is 2.36. The number of hydrogen-bond acceptors (Lipinski definition) is 3. The molecule has 14 heavy (non-hydrogen) atoms. The first-order chi connectivity index (χ1) is 6.62. The predicted octanol–water partition coefficient (Wildman–Crippen LogP) is 2.41. The third-order valence-corrected chi connectivity index (χ3v) is 1.69. The Morgan fingerprint density at radius 2 is 2.14 bits per heavy atom. The number of hydrogen-bond donors (Lipinski definition) is 0. The van der Waals surface area contributed by atoms with Crippen LogP contribution in [0.2, 0.25) is 0 Å². The molecule has 0 spiro atoms. The smallest absolute Gasteiger partial charge is 0.490 e. The Morgan fingerprint density at radius 3 is 2.86 bits per heavy atom. The molecule has 2 rings (SSSR count). The van der Waals surface area contributed by atoms with Crippen molar-refractivity contribution in [1.29, 1.82) is 0 Å². The van der Waals surface area contributed by atoms with Gasteiger partial charge in [-0.25, -0.2) is 0 Å². The number of halogens is 2. The molecule has 1 aromatic carbocycles. The SMILES string of the molecule is CCOc1cccc2c1OC(F)(F)O2. The highest BCUT2D eigenvalue weighted by atomic mass is 19.3. The summed E-state index contributed by atoms with van der Waals surface area (Å²) in [5, 5.41) is 0. The van der Waals surface area contributed by atoms with Crippen LogP contribution in [-0.2, 0) is 0 Å². The molecule has 0 unspecified atom stereocenters. The highest BCUT2D eigenvalue weighted by Gasteiger charge is 2.44. The molecule has 0 aromatic heterocycles.